The van der Waals surface area contributed by atoms with E-state index in [0.717, 1.165) is 12.5 Å². The largest absolute Gasteiger partial charge is 0.395 e. The molecule has 0 radical (unpaired) electrons. The SMILES string of the molecule is CCCN(CCO)C(=O)Nc1ccc(F)cc1Cl. The summed E-state index contributed by atoms with van der Waals surface area (Å²) in [5.41, 5.74) is 0.349. The first-order valence-corrected chi connectivity index (χ1v) is 6.08. The molecule has 0 spiro atoms. The van der Waals surface area contributed by atoms with Gasteiger partial charge in [0.05, 0.1) is 17.3 Å². The number of rotatable bonds is 5. The van der Waals surface area contributed by atoms with Crippen LogP contribution in [-0.4, -0.2) is 35.7 Å². The van der Waals surface area contributed by atoms with Gasteiger partial charge in [0, 0.05) is 13.1 Å². The third-order valence-corrected chi connectivity index (χ3v) is 2.64. The number of anilines is 1. The van der Waals surface area contributed by atoms with Crippen LogP contribution in [0.25, 0.3) is 0 Å². The lowest BCUT2D eigenvalue weighted by Gasteiger charge is -2.21. The van der Waals surface area contributed by atoms with Crippen molar-refractivity contribution in [3.63, 3.8) is 0 Å². The Bertz CT molecular complexity index is 409. The van der Waals surface area contributed by atoms with Crippen molar-refractivity contribution in [3.8, 4) is 0 Å². The van der Waals surface area contributed by atoms with Crippen LogP contribution in [0.5, 0.6) is 0 Å². The Balaban J connectivity index is 2.72. The van der Waals surface area contributed by atoms with E-state index < -0.39 is 5.82 Å². The fraction of sp³-hybridized carbons (Fsp3) is 0.417. The van der Waals surface area contributed by atoms with E-state index in [1.807, 2.05) is 6.92 Å². The number of nitrogens with one attached hydrogen (secondary N) is 1. The maximum Gasteiger partial charge on any atom is 0.321 e. The Morgan fingerprint density at radius 3 is 2.78 bits per heavy atom. The first-order chi connectivity index (χ1) is 8.58. The summed E-state index contributed by atoms with van der Waals surface area (Å²) in [6.45, 7) is 2.61. The van der Waals surface area contributed by atoms with Gasteiger partial charge in [-0.3, -0.25) is 0 Å². The molecule has 0 saturated heterocycles. The lowest BCUT2D eigenvalue weighted by atomic mass is 10.3. The highest BCUT2D eigenvalue weighted by Crippen LogP contribution is 2.22. The number of amides is 2. The average Bonchev–Trinajstić information content (AvgIpc) is 2.32. The number of benzene rings is 1. The van der Waals surface area contributed by atoms with Crippen molar-refractivity contribution in [2.24, 2.45) is 0 Å². The van der Waals surface area contributed by atoms with Crippen LogP contribution < -0.4 is 5.32 Å². The Kier molecular flexibility index (Phi) is 5.88. The van der Waals surface area contributed by atoms with Gasteiger partial charge in [-0.2, -0.15) is 0 Å². The second kappa shape index (κ2) is 7.18. The first-order valence-electron chi connectivity index (χ1n) is 5.70. The smallest absolute Gasteiger partial charge is 0.321 e. The van der Waals surface area contributed by atoms with Gasteiger partial charge in [-0.15, -0.1) is 0 Å². The van der Waals surface area contributed by atoms with E-state index in [1.54, 1.807) is 0 Å². The van der Waals surface area contributed by atoms with Crippen LogP contribution in [0.3, 0.4) is 0 Å². The monoisotopic (exact) mass is 274 g/mol. The van der Waals surface area contributed by atoms with Crippen LogP contribution in [0, 0.1) is 5.82 Å². The molecule has 0 aliphatic heterocycles. The van der Waals surface area contributed by atoms with Gasteiger partial charge in [-0.25, -0.2) is 9.18 Å². The van der Waals surface area contributed by atoms with Crippen molar-refractivity contribution in [1.82, 2.24) is 4.90 Å². The fourth-order valence-corrected chi connectivity index (χ4v) is 1.71. The molecule has 0 bridgehead atoms. The van der Waals surface area contributed by atoms with Gasteiger partial charge in [0.1, 0.15) is 5.82 Å². The summed E-state index contributed by atoms with van der Waals surface area (Å²) in [4.78, 5) is 13.4. The second-order valence-electron chi connectivity index (χ2n) is 3.76. The molecule has 2 N–H and O–H groups in total. The molecule has 0 heterocycles. The van der Waals surface area contributed by atoms with Crippen LogP contribution in [0.15, 0.2) is 18.2 Å². The van der Waals surface area contributed by atoms with Gasteiger partial charge in [-0.1, -0.05) is 18.5 Å². The molecule has 4 nitrogen and oxygen atoms in total. The highest BCUT2D eigenvalue weighted by atomic mass is 35.5. The number of halogens is 2. The summed E-state index contributed by atoms with van der Waals surface area (Å²) in [5, 5.41) is 11.6. The van der Waals surface area contributed by atoms with Gasteiger partial charge >= 0.3 is 6.03 Å². The van der Waals surface area contributed by atoms with Crippen LogP contribution in [0.1, 0.15) is 13.3 Å². The summed E-state index contributed by atoms with van der Waals surface area (Å²) in [6, 6.07) is 3.39. The summed E-state index contributed by atoms with van der Waals surface area (Å²) in [6.07, 6.45) is 0.782. The Hall–Kier alpha value is -1.33. The van der Waals surface area contributed by atoms with Crippen LogP contribution in [0.2, 0.25) is 5.02 Å². The number of aliphatic hydroxyl groups excluding tert-OH is 1. The zero-order valence-electron chi connectivity index (χ0n) is 10.1. The minimum atomic E-state index is -0.459. The number of urea groups is 1. The molecule has 0 atom stereocenters. The molecule has 0 fully saturated rings. The van der Waals surface area contributed by atoms with E-state index >= 15 is 0 Å². The molecule has 0 unspecified atom stereocenters. The number of hydrogen-bond donors (Lipinski definition) is 2. The lowest BCUT2D eigenvalue weighted by molar-refractivity contribution is 0.188. The molecule has 0 aromatic heterocycles. The fourth-order valence-electron chi connectivity index (χ4n) is 1.49. The minimum Gasteiger partial charge on any atom is -0.395 e. The molecule has 0 saturated carbocycles. The molecule has 100 valence electrons. The molecule has 6 heteroatoms. The highest BCUT2D eigenvalue weighted by Gasteiger charge is 2.13. The molecule has 18 heavy (non-hydrogen) atoms. The predicted molar refractivity (Wildman–Crippen MR) is 69.4 cm³/mol. The third-order valence-electron chi connectivity index (χ3n) is 2.32. The molecule has 2 amide bonds. The topological polar surface area (TPSA) is 52.6 Å². The average molecular weight is 275 g/mol. The van der Waals surface area contributed by atoms with E-state index in [4.69, 9.17) is 16.7 Å². The number of hydrogen-bond acceptors (Lipinski definition) is 2. The molecule has 1 aromatic carbocycles. The van der Waals surface area contributed by atoms with E-state index in [2.05, 4.69) is 5.32 Å². The van der Waals surface area contributed by atoms with E-state index in [1.165, 1.54) is 17.0 Å². The zero-order valence-corrected chi connectivity index (χ0v) is 10.9. The lowest BCUT2D eigenvalue weighted by Crippen LogP contribution is -2.37. The van der Waals surface area contributed by atoms with Crippen molar-refractivity contribution in [1.29, 1.82) is 0 Å². The standard InChI is InChI=1S/C12H16ClFN2O2/c1-2-5-16(6-7-17)12(18)15-11-4-3-9(14)8-10(11)13/h3-4,8,17H,2,5-7H2,1H3,(H,15,18). The molecular weight excluding hydrogens is 259 g/mol. The summed E-state index contributed by atoms with van der Waals surface area (Å²) >= 11 is 5.81. The molecule has 1 aromatic rings. The van der Waals surface area contributed by atoms with Crippen molar-refractivity contribution >= 4 is 23.3 Å². The summed E-state index contributed by atoms with van der Waals surface area (Å²) < 4.78 is 12.8. The Morgan fingerprint density at radius 2 is 2.22 bits per heavy atom. The van der Waals surface area contributed by atoms with Crippen LogP contribution in [-0.2, 0) is 0 Å². The highest BCUT2D eigenvalue weighted by molar-refractivity contribution is 6.33. The number of nitrogens with zero attached hydrogens (tertiary/aromatic N) is 1. The van der Waals surface area contributed by atoms with E-state index in [0.29, 0.717) is 12.2 Å². The second-order valence-corrected chi connectivity index (χ2v) is 4.17. The van der Waals surface area contributed by atoms with Gasteiger partial charge in [-0.05, 0) is 24.6 Å². The minimum absolute atomic E-state index is 0.107. The van der Waals surface area contributed by atoms with Crippen molar-refractivity contribution in [2.75, 3.05) is 25.0 Å². The Labute approximate surface area is 110 Å². The molecule has 0 aliphatic carbocycles. The number of carbonyl (C=O) groups is 1. The predicted octanol–water partition coefficient (Wildman–Crippen LogP) is 2.72. The third kappa shape index (κ3) is 4.16. The van der Waals surface area contributed by atoms with Crippen molar-refractivity contribution in [2.45, 2.75) is 13.3 Å². The Morgan fingerprint density at radius 1 is 1.50 bits per heavy atom. The van der Waals surface area contributed by atoms with Gasteiger partial charge in [0.15, 0.2) is 0 Å². The maximum absolute atomic E-state index is 12.8. The summed E-state index contributed by atoms with van der Waals surface area (Å²) in [5.74, 6) is -0.459. The molecule has 0 aliphatic rings. The maximum atomic E-state index is 12.8. The van der Waals surface area contributed by atoms with E-state index in [-0.39, 0.29) is 24.2 Å². The molecule has 1 rings (SSSR count). The quantitative estimate of drug-likeness (QED) is 0.867. The van der Waals surface area contributed by atoms with Crippen LogP contribution >= 0.6 is 11.6 Å². The molecular formula is C12H16ClFN2O2. The first kappa shape index (κ1) is 14.7. The zero-order chi connectivity index (χ0) is 13.5. The van der Waals surface area contributed by atoms with Crippen molar-refractivity contribution in [3.05, 3.63) is 29.0 Å². The summed E-state index contributed by atoms with van der Waals surface area (Å²) in [7, 11) is 0. The number of aliphatic hydroxyl groups is 1. The number of carbonyl (C=O) groups excluding carboxylic acids is 1. The van der Waals surface area contributed by atoms with Crippen molar-refractivity contribution < 1.29 is 14.3 Å². The van der Waals surface area contributed by atoms with Gasteiger partial charge in [0.25, 0.3) is 0 Å². The van der Waals surface area contributed by atoms with Crippen LogP contribution in [0.4, 0.5) is 14.9 Å². The van der Waals surface area contributed by atoms with E-state index in [9.17, 15) is 9.18 Å². The normalized spacial score (nSPS) is 10.2. The van der Waals surface area contributed by atoms with Gasteiger partial charge < -0.3 is 15.3 Å². The van der Waals surface area contributed by atoms with Gasteiger partial charge in [0.2, 0.25) is 0 Å².